The van der Waals surface area contributed by atoms with Crippen molar-refractivity contribution in [1.29, 1.82) is 0 Å². The molecule has 1 aliphatic rings. The van der Waals surface area contributed by atoms with Crippen molar-refractivity contribution in [2.75, 3.05) is 0 Å². The van der Waals surface area contributed by atoms with E-state index in [0.29, 0.717) is 23.2 Å². The highest BCUT2D eigenvalue weighted by Crippen LogP contribution is 2.28. The van der Waals surface area contributed by atoms with Gasteiger partial charge in [0.05, 0.1) is 5.02 Å². The van der Waals surface area contributed by atoms with Crippen LogP contribution >= 0.6 is 23.2 Å². The Bertz CT molecular complexity index is 541. The summed E-state index contributed by atoms with van der Waals surface area (Å²) in [5, 5.41) is 8.81. The van der Waals surface area contributed by atoms with Gasteiger partial charge in [-0.2, -0.15) is 0 Å². The molecule has 1 saturated carbocycles. The number of benzene rings is 1. The lowest BCUT2D eigenvalue weighted by molar-refractivity contribution is 0.597. The summed E-state index contributed by atoms with van der Waals surface area (Å²) in [4.78, 5) is -0.0869. The van der Waals surface area contributed by atoms with Crippen LogP contribution < -0.4 is 10.5 Å². The maximum absolute atomic E-state index is 11.3. The second-order valence-corrected chi connectivity index (χ2v) is 6.42. The number of nitrogens with one attached hydrogen (secondary N) is 1. The Kier molecular flexibility index (Phi) is 3.66. The molecule has 1 aliphatic carbocycles. The zero-order valence-corrected chi connectivity index (χ0v) is 11.2. The molecular formula is C10H12Cl2N2O2S. The zero-order valence-electron chi connectivity index (χ0n) is 8.91. The van der Waals surface area contributed by atoms with Gasteiger partial charge in [-0.25, -0.2) is 13.6 Å². The van der Waals surface area contributed by atoms with Crippen LogP contribution in [0.15, 0.2) is 17.0 Å². The van der Waals surface area contributed by atoms with Crippen molar-refractivity contribution >= 4 is 33.2 Å². The van der Waals surface area contributed by atoms with E-state index in [-0.39, 0.29) is 9.92 Å². The van der Waals surface area contributed by atoms with E-state index in [1.165, 1.54) is 12.1 Å². The minimum absolute atomic E-state index is 0.0488. The Morgan fingerprint density at radius 2 is 1.94 bits per heavy atom. The average molecular weight is 295 g/mol. The van der Waals surface area contributed by atoms with Gasteiger partial charge in [0.1, 0.15) is 4.90 Å². The van der Waals surface area contributed by atoms with Crippen LogP contribution in [0.25, 0.3) is 0 Å². The van der Waals surface area contributed by atoms with E-state index in [1.807, 2.05) is 0 Å². The van der Waals surface area contributed by atoms with Crippen LogP contribution in [0.4, 0.5) is 0 Å². The van der Waals surface area contributed by atoms with Crippen LogP contribution in [-0.2, 0) is 16.6 Å². The molecule has 0 aromatic heterocycles. The summed E-state index contributed by atoms with van der Waals surface area (Å²) < 4.78 is 22.6. The monoisotopic (exact) mass is 294 g/mol. The van der Waals surface area contributed by atoms with Crippen molar-refractivity contribution in [3.8, 4) is 0 Å². The van der Waals surface area contributed by atoms with Gasteiger partial charge in [-0.05, 0) is 30.5 Å². The van der Waals surface area contributed by atoms with Crippen LogP contribution in [0.2, 0.25) is 10.0 Å². The first-order valence-electron chi connectivity index (χ1n) is 5.12. The Hall–Kier alpha value is -0.330. The van der Waals surface area contributed by atoms with Gasteiger partial charge in [0.25, 0.3) is 0 Å². The van der Waals surface area contributed by atoms with E-state index in [1.54, 1.807) is 0 Å². The van der Waals surface area contributed by atoms with E-state index in [4.69, 9.17) is 28.3 Å². The molecule has 94 valence electrons. The molecule has 1 aromatic carbocycles. The molecule has 0 bridgehead atoms. The lowest BCUT2D eigenvalue weighted by Gasteiger charge is -2.09. The number of rotatable bonds is 4. The van der Waals surface area contributed by atoms with E-state index in [9.17, 15) is 8.42 Å². The molecule has 0 atom stereocenters. The summed E-state index contributed by atoms with van der Waals surface area (Å²) in [5.74, 6) is 0. The zero-order chi connectivity index (χ0) is 12.6. The normalized spacial score (nSPS) is 16.2. The average Bonchev–Trinajstić information content (AvgIpc) is 2.98. The Balaban J connectivity index is 2.31. The molecule has 1 aromatic rings. The van der Waals surface area contributed by atoms with Crippen molar-refractivity contribution in [1.82, 2.24) is 5.32 Å². The van der Waals surface area contributed by atoms with Crippen LogP contribution in [0.1, 0.15) is 18.4 Å². The van der Waals surface area contributed by atoms with E-state index >= 15 is 0 Å². The summed E-state index contributed by atoms with van der Waals surface area (Å²) in [5.41, 5.74) is 0.687. The van der Waals surface area contributed by atoms with Crippen LogP contribution in [0, 0.1) is 0 Å². The molecule has 17 heavy (non-hydrogen) atoms. The molecule has 0 heterocycles. The highest BCUT2D eigenvalue weighted by Gasteiger charge is 2.21. The minimum atomic E-state index is -3.81. The predicted octanol–water partition coefficient (Wildman–Crippen LogP) is 1.89. The molecule has 0 aliphatic heterocycles. The molecule has 0 unspecified atom stereocenters. The molecule has 0 saturated heterocycles. The summed E-state index contributed by atoms with van der Waals surface area (Å²) in [6.45, 7) is 0.517. The number of primary sulfonamides is 1. The summed E-state index contributed by atoms with van der Waals surface area (Å²) in [7, 11) is -3.81. The smallest absolute Gasteiger partial charge is 0.239 e. The molecule has 1 fully saturated rings. The lowest BCUT2D eigenvalue weighted by Crippen LogP contribution is -2.17. The number of hydrogen-bond acceptors (Lipinski definition) is 3. The number of halogens is 2. The number of sulfonamides is 1. The highest BCUT2D eigenvalue weighted by atomic mass is 35.5. The van der Waals surface area contributed by atoms with Gasteiger partial charge in [-0.3, -0.25) is 0 Å². The van der Waals surface area contributed by atoms with Crippen molar-refractivity contribution in [3.63, 3.8) is 0 Å². The fourth-order valence-electron chi connectivity index (χ4n) is 1.47. The Morgan fingerprint density at radius 1 is 1.29 bits per heavy atom. The van der Waals surface area contributed by atoms with Gasteiger partial charge in [0, 0.05) is 17.6 Å². The predicted molar refractivity (Wildman–Crippen MR) is 67.7 cm³/mol. The number of hydrogen-bond donors (Lipinski definition) is 2. The van der Waals surface area contributed by atoms with Gasteiger partial charge < -0.3 is 5.32 Å². The molecule has 0 amide bonds. The van der Waals surface area contributed by atoms with Crippen LogP contribution in [0.5, 0.6) is 0 Å². The van der Waals surface area contributed by atoms with Gasteiger partial charge in [0.15, 0.2) is 0 Å². The molecular weight excluding hydrogens is 283 g/mol. The highest BCUT2D eigenvalue weighted by molar-refractivity contribution is 7.89. The Morgan fingerprint density at radius 3 is 2.47 bits per heavy atom. The summed E-state index contributed by atoms with van der Waals surface area (Å²) in [6.07, 6.45) is 2.29. The molecule has 0 radical (unpaired) electrons. The molecule has 7 heteroatoms. The fraction of sp³-hybridized carbons (Fsp3) is 0.400. The topological polar surface area (TPSA) is 72.2 Å². The standard InChI is InChI=1S/C10H12Cl2N2O2S/c11-8-4-9(12)10(17(13,15)16)3-6(8)5-14-7-1-2-7/h3-4,7,14H,1-2,5H2,(H2,13,15,16). The first kappa shape index (κ1) is 13.1. The van der Waals surface area contributed by atoms with E-state index in [0.717, 1.165) is 12.8 Å². The van der Waals surface area contributed by atoms with E-state index < -0.39 is 10.0 Å². The lowest BCUT2D eigenvalue weighted by atomic mass is 10.2. The third-order valence-electron chi connectivity index (χ3n) is 2.57. The van der Waals surface area contributed by atoms with Gasteiger partial charge in [-0.1, -0.05) is 23.2 Å². The van der Waals surface area contributed by atoms with Crippen LogP contribution in [-0.4, -0.2) is 14.5 Å². The van der Waals surface area contributed by atoms with Crippen molar-refractivity contribution in [2.24, 2.45) is 5.14 Å². The van der Waals surface area contributed by atoms with Gasteiger partial charge in [0.2, 0.25) is 10.0 Å². The van der Waals surface area contributed by atoms with Gasteiger partial charge >= 0.3 is 0 Å². The quantitative estimate of drug-likeness (QED) is 0.891. The maximum Gasteiger partial charge on any atom is 0.239 e. The summed E-state index contributed by atoms with van der Waals surface area (Å²) >= 11 is 11.8. The number of nitrogens with two attached hydrogens (primary N) is 1. The third kappa shape index (κ3) is 3.33. The Labute approximate surface area is 110 Å². The largest absolute Gasteiger partial charge is 0.310 e. The molecule has 0 spiro atoms. The second-order valence-electron chi connectivity index (χ2n) is 4.07. The summed E-state index contributed by atoms with van der Waals surface area (Å²) in [6, 6.07) is 3.35. The first-order valence-corrected chi connectivity index (χ1v) is 7.42. The maximum atomic E-state index is 11.3. The molecule has 3 N–H and O–H groups in total. The SMILES string of the molecule is NS(=O)(=O)c1cc(CNC2CC2)c(Cl)cc1Cl. The first-order chi connectivity index (χ1) is 7.88. The van der Waals surface area contributed by atoms with Crippen LogP contribution in [0.3, 0.4) is 0 Å². The van der Waals surface area contributed by atoms with Crippen molar-refractivity contribution in [3.05, 3.63) is 27.7 Å². The van der Waals surface area contributed by atoms with Gasteiger partial charge in [-0.15, -0.1) is 0 Å². The third-order valence-corrected chi connectivity index (χ3v) is 4.29. The van der Waals surface area contributed by atoms with Crippen molar-refractivity contribution < 1.29 is 8.42 Å². The van der Waals surface area contributed by atoms with E-state index in [2.05, 4.69) is 5.32 Å². The molecule has 2 rings (SSSR count). The van der Waals surface area contributed by atoms with Crippen molar-refractivity contribution in [2.45, 2.75) is 30.3 Å². The second kappa shape index (κ2) is 4.74. The minimum Gasteiger partial charge on any atom is -0.310 e. The fourth-order valence-corrected chi connectivity index (χ4v) is 2.88. The molecule has 4 nitrogen and oxygen atoms in total.